The molecule has 0 amide bonds. The summed E-state index contributed by atoms with van der Waals surface area (Å²) < 4.78 is 0. The van der Waals surface area contributed by atoms with Gasteiger partial charge in [0.05, 0.1) is 0 Å². The zero-order chi connectivity index (χ0) is 21.8. The third-order valence-corrected chi connectivity index (χ3v) is 6.58. The zero-order valence-corrected chi connectivity index (χ0v) is 19.5. The van der Waals surface area contributed by atoms with Crippen molar-refractivity contribution >= 4 is 11.4 Å². The number of hydrogen-bond acceptors (Lipinski definition) is 2. The van der Waals surface area contributed by atoms with Crippen LogP contribution >= 0.6 is 0 Å². The van der Waals surface area contributed by atoms with Crippen LogP contribution in [-0.4, -0.2) is 25.7 Å². The van der Waals surface area contributed by atoms with Gasteiger partial charge in [-0.05, 0) is 53.1 Å². The molecule has 1 heterocycles. The first-order valence-corrected chi connectivity index (χ1v) is 11.8. The Bertz CT molecular complexity index is 977. The van der Waals surface area contributed by atoms with Gasteiger partial charge in [0.2, 0.25) is 0 Å². The molecule has 0 N–H and O–H groups in total. The summed E-state index contributed by atoms with van der Waals surface area (Å²) >= 11 is 0. The van der Waals surface area contributed by atoms with Gasteiger partial charge in [0.25, 0.3) is 0 Å². The van der Waals surface area contributed by atoms with Crippen LogP contribution in [0.15, 0.2) is 78.9 Å². The summed E-state index contributed by atoms with van der Waals surface area (Å²) in [6.45, 7) is 12.5. The van der Waals surface area contributed by atoms with Crippen LogP contribution in [0.2, 0.25) is 0 Å². The summed E-state index contributed by atoms with van der Waals surface area (Å²) in [6, 6.07) is 29.4. The van der Waals surface area contributed by atoms with Gasteiger partial charge in [0, 0.05) is 37.1 Å². The predicted octanol–water partition coefficient (Wildman–Crippen LogP) is 6.75. The maximum atomic E-state index is 2.65. The lowest BCUT2D eigenvalue weighted by molar-refractivity contribution is 0.418. The summed E-state index contributed by atoms with van der Waals surface area (Å²) in [5.41, 5.74) is 7.00. The van der Waals surface area contributed by atoms with E-state index in [1.54, 1.807) is 0 Å². The van der Waals surface area contributed by atoms with E-state index >= 15 is 0 Å². The fraction of sp³-hybridized carbons (Fsp3) is 0.379. The molecule has 1 atom stereocenters. The van der Waals surface area contributed by atoms with Gasteiger partial charge in [0.15, 0.2) is 0 Å². The van der Waals surface area contributed by atoms with Crippen molar-refractivity contribution in [3.8, 4) is 0 Å². The van der Waals surface area contributed by atoms with E-state index in [0.717, 1.165) is 26.1 Å². The molecular formula is C29H36N2. The lowest BCUT2D eigenvalue weighted by atomic mass is 9.95. The van der Waals surface area contributed by atoms with Crippen LogP contribution in [0.5, 0.6) is 0 Å². The van der Waals surface area contributed by atoms with Crippen molar-refractivity contribution < 1.29 is 0 Å². The topological polar surface area (TPSA) is 6.48 Å². The van der Waals surface area contributed by atoms with Gasteiger partial charge in [0.1, 0.15) is 0 Å². The first-order valence-electron chi connectivity index (χ1n) is 11.8. The number of hydrogen-bond donors (Lipinski definition) is 0. The molecule has 3 aromatic rings. The van der Waals surface area contributed by atoms with Gasteiger partial charge in [-0.3, -0.25) is 0 Å². The molecule has 0 unspecified atom stereocenters. The van der Waals surface area contributed by atoms with Crippen LogP contribution in [0.1, 0.15) is 50.3 Å². The lowest BCUT2D eigenvalue weighted by Gasteiger charge is -2.46. The Kier molecular flexibility index (Phi) is 6.65. The van der Waals surface area contributed by atoms with Crippen molar-refractivity contribution in [2.45, 2.75) is 46.1 Å². The second kappa shape index (κ2) is 9.60. The zero-order valence-electron chi connectivity index (χ0n) is 19.5. The molecule has 2 nitrogen and oxygen atoms in total. The van der Waals surface area contributed by atoms with Gasteiger partial charge in [-0.15, -0.1) is 0 Å². The molecule has 162 valence electrons. The predicted molar refractivity (Wildman–Crippen MR) is 134 cm³/mol. The van der Waals surface area contributed by atoms with Crippen LogP contribution in [0.25, 0.3) is 0 Å². The van der Waals surface area contributed by atoms with E-state index < -0.39 is 0 Å². The average molecular weight is 413 g/mol. The van der Waals surface area contributed by atoms with Crippen LogP contribution in [0, 0.1) is 5.92 Å². The Morgan fingerprint density at radius 2 is 1.48 bits per heavy atom. The maximum Gasteiger partial charge on any atom is 0.0488 e. The van der Waals surface area contributed by atoms with Crippen molar-refractivity contribution in [1.29, 1.82) is 0 Å². The van der Waals surface area contributed by atoms with Crippen molar-refractivity contribution in [1.82, 2.24) is 0 Å². The molecule has 0 radical (unpaired) electrons. The second-order valence-electron chi connectivity index (χ2n) is 9.50. The minimum absolute atomic E-state index is 0.501. The number of nitrogens with zero attached hydrogens (tertiary/aromatic N) is 2. The fourth-order valence-electron chi connectivity index (χ4n) is 4.86. The summed E-state index contributed by atoms with van der Waals surface area (Å²) in [4.78, 5) is 5.26. The quantitative estimate of drug-likeness (QED) is 0.442. The molecular weight excluding hydrogens is 376 g/mol. The summed E-state index contributed by atoms with van der Waals surface area (Å²) in [6.07, 6.45) is 0.989. The smallest absolute Gasteiger partial charge is 0.0488 e. The molecule has 1 aliphatic rings. The van der Waals surface area contributed by atoms with E-state index in [-0.39, 0.29) is 0 Å². The monoisotopic (exact) mass is 412 g/mol. The van der Waals surface area contributed by atoms with Gasteiger partial charge < -0.3 is 9.80 Å². The Balaban J connectivity index is 1.56. The fourth-order valence-corrected chi connectivity index (χ4v) is 4.86. The maximum absolute atomic E-state index is 2.65. The molecule has 0 aliphatic carbocycles. The highest BCUT2D eigenvalue weighted by Gasteiger charge is 2.30. The molecule has 3 aromatic carbocycles. The normalized spacial score (nSPS) is 16.9. The Labute approximate surface area is 188 Å². The van der Waals surface area contributed by atoms with Crippen LogP contribution in [0.4, 0.5) is 11.4 Å². The SMILES string of the molecule is CC(C)c1ccccc1N1CCN(c2cccc(Cc3ccccc3)c2)[C@@H](C(C)C)C1. The van der Waals surface area contributed by atoms with Gasteiger partial charge >= 0.3 is 0 Å². The molecule has 0 bridgehead atoms. The molecule has 0 saturated carbocycles. The number of benzene rings is 3. The van der Waals surface area contributed by atoms with Gasteiger partial charge in [-0.25, -0.2) is 0 Å². The molecule has 31 heavy (non-hydrogen) atoms. The van der Waals surface area contributed by atoms with E-state index in [2.05, 4.69) is 116 Å². The number of para-hydroxylation sites is 1. The molecule has 1 fully saturated rings. The Morgan fingerprint density at radius 1 is 0.774 bits per heavy atom. The average Bonchev–Trinajstić information content (AvgIpc) is 2.79. The third-order valence-electron chi connectivity index (χ3n) is 6.58. The molecule has 4 rings (SSSR count). The van der Waals surface area contributed by atoms with Gasteiger partial charge in [-0.2, -0.15) is 0 Å². The first-order chi connectivity index (χ1) is 15.0. The highest BCUT2D eigenvalue weighted by molar-refractivity contribution is 5.58. The Hall–Kier alpha value is -2.74. The Morgan fingerprint density at radius 3 is 2.23 bits per heavy atom. The number of piperazine rings is 1. The third kappa shape index (κ3) is 4.95. The van der Waals surface area contributed by atoms with Crippen LogP contribution in [-0.2, 0) is 6.42 Å². The molecule has 1 saturated heterocycles. The van der Waals surface area contributed by atoms with Crippen LogP contribution in [0.3, 0.4) is 0 Å². The van der Waals surface area contributed by atoms with E-state index in [0.29, 0.717) is 17.9 Å². The van der Waals surface area contributed by atoms with Gasteiger partial charge in [-0.1, -0.05) is 88.4 Å². The van der Waals surface area contributed by atoms with E-state index in [4.69, 9.17) is 0 Å². The molecule has 1 aliphatic heterocycles. The first kappa shape index (κ1) is 21.5. The minimum Gasteiger partial charge on any atom is -0.367 e. The lowest BCUT2D eigenvalue weighted by Crippen LogP contribution is -2.55. The summed E-state index contributed by atoms with van der Waals surface area (Å²) in [5, 5.41) is 0. The van der Waals surface area contributed by atoms with E-state index in [1.165, 1.54) is 28.1 Å². The molecule has 0 spiro atoms. The number of rotatable bonds is 6. The summed E-state index contributed by atoms with van der Waals surface area (Å²) in [5.74, 6) is 1.13. The van der Waals surface area contributed by atoms with Crippen molar-refractivity contribution in [3.63, 3.8) is 0 Å². The van der Waals surface area contributed by atoms with Crippen LogP contribution < -0.4 is 9.80 Å². The summed E-state index contributed by atoms with van der Waals surface area (Å²) in [7, 11) is 0. The highest BCUT2D eigenvalue weighted by atomic mass is 15.3. The highest BCUT2D eigenvalue weighted by Crippen LogP contribution is 2.32. The largest absolute Gasteiger partial charge is 0.367 e. The standard InChI is InChI=1S/C29H36N2/c1-22(2)27-15-8-9-16-28(27)30-17-18-31(29(21-30)23(3)4)26-14-10-13-25(20-26)19-24-11-6-5-7-12-24/h5-16,20,22-23,29H,17-19,21H2,1-4H3/t29-/m1/s1. The molecule has 0 aromatic heterocycles. The number of anilines is 2. The van der Waals surface area contributed by atoms with Crippen molar-refractivity contribution in [2.75, 3.05) is 29.4 Å². The van der Waals surface area contributed by atoms with Crippen molar-refractivity contribution in [2.24, 2.45) is 5.92 Å². The minimum atomic E-state index is 0.501. The molecule has 2 heteroatoms. The van der Waals surface area contributed by atoms with E-state index in [9.17, 15) is 0 Å². The second-order valence-corrected chi connectivity index (χ2v) is 9.50. The van der Waals surface area contributed by atoms with Crippen molar-refractivity contribution in [3.05, 3.63) is 95.6 Å². The van der Waals surface area contributed by atoms with E-state index in [1.807, 2.05) is 0 Å².